The summed E-state index contributed by atoms with van der Waals surface area (Å²) in [5.41, 5.74) is 0.620. The molecule has 0 aliphatic heterocycles. The van der Waals surface area contributed by atoms with Gasteiger partial charge in [0, 0.05) is 31.1 Å². The van der Waals surface area contributed by atoms with E-state index in [0.29, 0.717) is 36.2 Å². The zero-order valence-electron chi connectivity index (χ0n) is 12.2. The van der Waals surface area contributed by atoms with E-state index in [4.69, 9.17) is 9.47 Å². The molecule has 0 aromatic rings. The monoisotopic (exact) mass is 288 g/mol. The van der Waals surface area contributed by atoms with Crippen LogP contribution in [0.15, 0.2) is 23.8 Å². The zero-order valence-corrected chi connectivity index (χ0v) is 12.2. The van der Waals surface area contributed by atoms with Gasteiger partial charge in [0.2, 0.25) is 0 Å². The Morgan fingerprint density at radius 3 is 2.86 bits per heavy atom. The number of methoxy groups -OCH3 is 1. The van der Waals surface area contributed by atoms with Crippen molar-refractivity contribution in [2.45, 2.75) is 31.8 Å². The lowest BCUT2D eigenvalue weighted by Gasteiger charge is -2.63. The largest absolute Gasteiger partial charge is 0.458 e. The summed E-state index contributed by atoms with van der Waals surface area (Å²) in [6, 6.07) is 0. The van der Waals surface area contributed by atoms with Gasteiger partial charge in [-0.2, -0.15) is 0 Å². The molecule has 0 heterocycles. The highest BCUT2D eigenvalue weighted by molar-refractivity contribution is 6.03. The standard InChI is InChI=1S/C17H20O4/c1-20-9-12-13-4-5-15(17(13)7-6-14(12)17)21-16(19)10-2-3-11(18)8-10/h6-8,12-15H,2-5,9H2,1H3/t12-,13-,14-,15-,17?/m1/s1. The number of ketones is 1. The van der Waals surface area contributed by atoms with Crippen LogP contribution in [0.1, 0.15) is 25.7 Å². The first-order valence-corrected chi connectivity index (χ1v) is 7.79. The van der Waals surface area contributed by atoms with Crippen molar-refractivity contribution in [1.29, 1.82) is 0 Å². The van der Waals surface area contributed by atoms with Crippen LogP contribution in [0.5, 0.6) is 0 Å². The zero-order chi connectivity index (χ0) is 14.6. The lowest BCUT2D eigenvalue weighted by atomic mass is 9.42. The Balaban J connectivity index is 1.47. The summed E-state index contributed by atoms with van der Waals surface area (Å²) < 4.78 is 11.1. The van der Waals surface area contributed by atoms with Crippen LogP contribution in [0.25, 0.3) is 0 Å². The molecule has 1 spiro atoms. The van der Waals surface area contributed by atoms with E-state index in [1.165, 1.54) is 6.08 Å². The van der Waals surface area contributed by atoms with E-state index in [1.807, 2.05) is 0 Å². The molecule has 0 saturated heterocycles. The highest BCUT2D eigenvalue weighted by Crippen LogP contribution is 2.71. The van der Waals surface area contributed by atoms with Gasteiger partial charge in [0.1, 0.15) is 6.10 Å². The Morgan fingerprint density at radius 1 is 1.38 bits per heavy atom. The van der Waals surface area contributed by atoms with E-state index in [-0.39, 0.29) is 23.3 Å². The van der Waals surface area contributed by atoms with Crippen molar-refractivity contribution in [3.05, 3.63) is 23.8 Å². The first-order chi connectivity index (χ1) is 10.2. The van der Waals surface area contributed by atoms with Gasteiger partial charge in [-0.05, 0) is 43.1 Å². The lowest BCUT2D eigenvalue weighted by molar-refractivity contribution is -0.172. The third-order valence-electron chi connectivity index (χ3n) is 5.93. The van der Waals surface area contributed by atoms with E-state index >= 15 is 0 Å². The predicted octanol–water partition coefficient (Wildman–Crippen LogP) is 2.05. The molecular weight excluding hydrogens is 268 g/mol. The topological polar surface area (TPSA) is 52.6 Å². The molecule has 2 saturated carbocycles. The van der Waals surface area contributed by atoms with Gasteiger partial charge in [-0.3, -0.25) is 4.79 Å². The van der Waals surface area contributed by atoms with Crippen molar-refractivity contribution < 1.29 is 19.1 Å². The van der Waals surface area contributed by atoms with E-state index in [2.05, 4.69) is 12.2 Å². The fourth-order valence-electron chi connectivity index (χ4n) is 4.96. The minimum Gasteiger partial charge on any atom is -0.458 e. The van der Waals surface area contributed by atoms with E-state index in [0.717, 1.165) is 19.4 Å². The number of esters is 1. The van der Waals surface area contributed by atoms with Crippen molar-refractivity contribution in [2.24, 2.45) is 23.2 Å². The molecule has 0 aromatic carbocycles. The molecule has 0 bridgehead atoms. The summed E-state index contributed by atoms with van der Waals surface area (Å²) >= 11 is 0. The number of carbonyl (C=O) groups is 2. The van der Waals surface area contributed by atoms with Gasteiger partial charge in [-0.1, -0.05) is 12.2 Å². The Bertz CT molecular complexity index is 561. The number of hydrogen-bond donors (Lipinski definition) is 0. The van der Waals surface area contributed by atoms with Crippen LogP contribution in [0.4, 0.5) is 0 Å². The quantitative estimate of drug-likeness (QED) is 0.587. The van der Waals surface area contributed by atoms with Gasteiger partial charge >= 0.3 is 5.97 Å². The second kappa shape index (κ2) is 4.54. The first kappa shape index (κ1) is 13.3. The van der Waals surface area contributed by atoms with Crippen LogP contribution in [0, 0.1) is 23.2 Å². The normalized spacial score (nSPS) is 42.7. The maximum Gasteiger partial charge on any atom is 0.334 e. The highest BCUT2D eigenvalue weighted by Gasteiger charge is 2.70. The molecule has 4 aliphatic rings. The Labute approximate surface area is 124 Å². The minimum absolute atomic E-state index is 0.0188. The van der Waals surface area contributed by atoms with Gasteiger partial charge in [0.05, 0.1) is 0 Å². The maximum absolute atomic E-state index is 12.2. The van der Waals surface area contributed by atoms with Crippen molar-refractivity contribution in [2.75, 3.05) is 13.7 Å². The molecule has 112 valence electrons. The number of hydrogen-bond acceptors (Lipinski definition) is 4. The molecule has 0 radical (unpaired) electrons. The maximum atomic E-state index is 12.2. The molecule has 0 amide bonds. The smallest absolute Gasteiger partial charge is 0.334 e. The molecule has 4 rings (SSSR count). The number of carbonyl (C=O) groups excluding carboxylic acids is 2. The molecule has 4 nitrogen and oxygen atoms in total. The van der Waals surface area contributed by atoms with E-state index in [9.17, 15) is 9.59 Å². The number of ether oxygens (including phenoxy) is 2. The van der Waals surface area contributed by atoms with Crippen molar-refractivity contribution in [1.82, 2.24) is 0 Å². The van der Waals surface area contributed by atoms with Crippen LogP contribution in [0.3, 0.4) is 0 Å². The van der Waals surface area contributed by atoms with Crippen molar-refractivity contribution >= 4 is 11.8 Å². The Kier molecular flexibility index (Phi) is 2.86. The molecule has 1 unspecified atom stereocenters. The number of rotatable bonds is 4. The highest BCUT2D eigenvalue weighted by atomic mass is 16.5. The molecule has 4 aliphatic carbocycles. The third kappa shape index (κ3) is 1.65. The van der Waals surface area contributed by atoms with Crippen LogP contribution in [0.2, 0.25) is 0 Å². The first-order valence-electron chi connectivity index (χ1n) is 7.79. The fourth-order valence-corrected chi connectivity index (χ4v) is 4.96. The van der Waals surface area contributed by atoms with Crippen LogP contribution in [-0.2, 0) is 19.1 Å². The van der Waals surface area contributed by atoms with Crippen LogP contribution >= 0.6 is 0 Å². The third-order valence-corrected chi connectivity index (χ3v) is 5.93. The van der Waals surface area contributed by atoms with Crippen LogP contribution in [-0.4, -0.2) is 31.6 Å². The Morgan fingerprint density at radius 2 is 2.24 bits per heavy atom. The predicted molar refractivity (Wildman–Crippen MR) is 75.4 cm³/mol. The van der Waals surface area contributed by atoms with Gasteiger partial charge in [-0.15, -0.1) is 0 Å². The summed E-state index contributed by atoms with van der Waals surface area (Å²) in [7, 11) is 1.75. The molecular formula is C17H20O4. The van der Waals surface area contributed by atoms with Gasteiger partial charge in [-0.25, -0.2) is 4.79 Å². The fraction of sp³-hybridized carbons (Fsp3) is 0.647. The SMILES string of the molecule is COC[C@H]1[C@H]2C=CC23[C@@H]1CC[C@H]3OC(=O)C1=CC(=O)CC1. The van der Waals surface area contributed by atoms with E-state index < -0.39 is 0 Å². The molecule has 5 atom stereocenters. The molecule has 4 heteroatoms. The van der Waals surface area contributed by atoms with Crippen LogP contribution < -0.4 is 0 Å². The van der Waals surface area contributed by atoms with E-state index in [1.54, 1.807) is 7.11 Å². The van der Waals surface area contributed by atoms with Crippen molar-refractivity contribution in [3.8, 4) is 0 Å². The summed E-state index contributed by atoms with van der Waals surface area (Å²) in [6.07, 6.45) is 8.93. The Hall–Kier alpha value is -1.42. The summed E-state index contributed by atoms with van der Waals surface area (Å²) in [6.45, 7) is 0.793. The van der Waals surface area contributed by atoms with Crippen molar-refractivity contribution in [3.63, 3.8) is 0 Å². The van der Waals surface area contributed by atoms with Gasteiger partial charge in [0.15, 0.2) is 5.78 Å². The molecule has 0 N–H and O–H groups in total. The second-order valence-corrected chi connectivity index (χ2v) is 6.72. The molecule has 2 fully saturated rings. The average molecular weight is 288 g/mol. The minimum atomic E-state index is -0.282. The summed E-state index contributed by atoms with van der Waals surface area (Å²) in [5.74, 6) is 1.42. The lowest BCUT2D eigenvalue weighted by Crippen LogP contribution is -2.62. The molecule has 21 heavy (non-hydrogen) atoms. The van der Waals surface area contributed by atoms with Gasteiger partial charge < -0.3 is 9.47 Å². The summed E-state index contributed by atoms with van der Waals surface area (Å²) in [4.78, 5) is 23.5. The second-order valence-electron chi connectivity index (χ2n) is 6.72. The average Bonchev–Trinajstić information content (AvgIpc) is 3.01. The summed E-state index contributed by atoms with van der Waals surface area (Å²) in [5, 5.41) is 0. The molecule has 0 aromatic heterocycles. The van der Waals surface area contributed by atoms with Gasteiger partial charge in [0.25, 0.3) is 0 Å². The number of allylic oxidation sites excluding steroid dienone is 2.